The van der Waals surface area contributed by atoms with Crippen LogP contribution in [0, 0.1) is 11.3 Å². The number of nitrogens with zero attached hydrogens (tertiary/aromatic N) is 5. The minimum Gasteiger partial charge on any atom is -0.386 e. The smallest absolute Gasteiger partial charge is 0.386 e. The Bertz CT molecular complexity index is 2470. The van der Waals surface area contributed by atoms with Crippen molar-refractivity contribution in [3.63, 3.8) is 0 Å². The van der Waals surface area contributed by atoms with Crippen LogP contribution in [-0.2, 0) is 21.4 Å². The van der Waals surface area contributed by atoms with Crippen LogP contribution in [0.1, 0.15) is 127 Å². The van der Waals surface area contributed by atoms with E-state index in [1.54, 1.807) is 38.1 Å². The molecule has 0 bridgehead atoms. The van der Waals surface area contributed by atoms with Crippen LogP contribution in [0.4, 0.5) is 24.5 Å². The SMILES string of the molecule is CC(C)(O)c1cc2nn(C3CCC(CN4CCC5(CC4)CC(Nc4cccc6c4C(=O)N(C4CCC(=O)NC4=O)C6=O)C5)CC3)cc2cc1NC(=O)c1cccc(C(F)(F)F)n1. The summed E-state index contributed by atoms with van der Waals surface area (Å²) in [5.41, 5.74) is -0.241. The molecule has 4 N–H and O–H groups in total. The third-order valence-corrected chi connectivity index (χ3v) is 13.7. The molecule has 4 aromatic rings. The maximum atomic E-state index is 13.6. The number of imide groups is 2. The Hall–Kier alpha value is -5.68. The first-order chi connectivity index (χ1) is 29.4. The maximum Gasteiger partial charge on any atom is 0.433 e. The fourth-order valence-corrected chi connectivity index (χ4v) is 10.3. The first-order valence-electron chi connectivity index (χ1n) is 21.4. The van der Waals surface area contributed by atoms with Gasteiger partial charge in [-0.1, -0.05) is 12.1 Å². The number of piperidine rings is 2. The first-order valence-corrected chi connectivity index (χ1v) is 21.4. The van der Waals surface area contributed by atoms with Gasteiger partial charge in [-0.05, 0) is 132 Å². The van der Waals surface area contributed by atoms with Crippen LogP contribution in [0.3, 0.4) is 0 Å². The van der Waals surface area contributed by atoms with Gasteiger partial charge in [0, 0.05) is 47.5 Å². The van der Waals surface area contributed by atoms with Crippen LogP contribution in [0.15, 0.2) is 54.7 Å². The highest BCUT2D eigenvalue weighted by Gasteiger charge is 2.49. The molecule has 5 heterocycles. The number of rotatable bonds is 9. The molecule has 62 heavy (non-hydrogen) atoms. The molecule has 1 atom stereocenters. The number of hydrogen-bond donors (Lipinski definition) is 4. The van der Waals surface area contributed by atoms with E-state index in [2.05, 4.69) is 25.8 Å². The number of fused-ring (bicyclic) bond motifs is 2. The molecule has 0 radical (unpaired) electrons. The summed E-state index contributed by atoms with van der Waals surface area (Å²) in [5, 5.41) is 25.1. The summed E-state index contributed by atoms with van der Waals surface area (Å²) in [6.07, 6.45) is 5.58. The van der Waals surface area contributed by atoms with Gasteiger partial charge < -0.3 is 20.6 Å². The average molecular weight is 855 g/mol. The quantitative estimate of drug-likeness (QED) is 0.137. The number of anilines is 2. The number of pyridine rings is 1. The van der Waals surface area contributed by atoms with Crippen LogP contribution < -0.4 is 16.0 Å². The van der Waals surface area contributed by atoms with Crippen molar-refractivity contribution in [3.05, 3.63) is 82.8 Å². The lowest BCUT2D eigenvalue weighted by Crippen LogP contribution is -2.54. The lowest BCUT2D eigenvalue weighted by molar-refractivity contribution is -0.141. The number of nitrogens with one attached hydrogen (secondary N) is 3. The molecule has 1 unspecified atom stereocenters. The number of likely N-dealkylation sites (tertiary alicyclic amines) is 1. The number of aromatic nitrogens is 3. The molecule has 5 aliphatic rings. The van der Waals surface area contributed by atoms with Gasteiger partial charge in [-0.3, -0.25) is 38.9 Å². The first kappa shape index (κ1) is 41.7. The molecule has 2 aromatic heterocycles. The molecule has 3 aliphatic heterocycles. The second kappa shape index (κ2) is 15.6. The molecular weight excluding hydrogens is 806 g/mol. The number of amides is 5. The molecule has 17 heteroatoms. The zero-order valence-corrected chi connectivity index (χ0v) is 34.6. The molecule has 2 aromatic carbocycles. The second-order valence-corrected chi connectivity index (χ2v) is 18.4. The molecule has 2 aliphatic carbocycles. The van der Waals surface area contributed by atoms with E-state index < -0.39 is 58.7 Å². The van der Waals surface area contributed by atoms with Gasteiger partial charge in [0.25, 0.3) is 17.7 Å². The maximum absolute atomic E-state index is 13.6. The van der Waals surface area contributed by atoms with Gasteiger partial charge in [-0.2, -0.15) is 18.3 Å². The van der Waals surface area contributed by atoms with Gasteiger partial charge in [0.2, 0.25) is 11.8 Å². The minimum absolute atomic E-state index is 0.0724. The van der Waals surface area contributed by atoms with Crippen molar-refractivity contribution in [1.29, 1.82) is 0 Å². The topological polar surface area (TPSA) is 179 Å². The van der Waals surface area contributed by atoms with E-state index in [9.17, 15) is 42.3 Å². The van der Waals surface area contributed by atoms with Crippen LogP contribution in [0.2, 0.25) is 0 Å². The summed E-state index contributed by atoms with van der Waals surface area (Å²) in [6.45, 7) is 6.23. The Morgan fingerprint density at radius 2 is 1.66 bits per heavy atom. The molecule has 2 saturated heterocycles. The molecule has 5 amide bonds. The zero-order valence-electron chi connectivity index (χ0n) is 34.6. The lowest BCUT2D eigenvalue weighted by Gasteiger charge is -2.53. The minimum atomic E-state index is -4.70. The number of carbonyl (C=O) groups excluding carboxylic acids is 5. The van der Waals surface area contributed by atoms with Crippen LogP contribution in [-0.4, -0.2) is 90.9 Å². The third-order valence-electron chi connectivity index (χ3n) is 13.7. The number of hydrogen-bond acceptors (Lipinski definition) is 10. The Morgan fingerprint density at radius 1 is 0.935 bits per heavy atom. The summed E-state index contributed by atoms with van der Waals surface area (Å²) in [4.78, 5) is 71.2. The summed E-state index contributed by atoms with van der Waals surface area (Å²) in [7, 11) is 0. The third kappa shape index (κ3) is 7.96. The molecular formula is C45H49F3N8O6. The lowest BCUT2D eigenvalue weighted by atomic mass is 9.60. The van der Waals surface area contributed by atoms with E-state index in [1.807, 2.05) is 16.9 Å². The van der Waals surface area contributed by atoms with Crippen molar-refractivity contribution in [3.8, 4) is 0 Å². The van der Waals surface area contributed by atoms with Crippen LogP contribution in [0.25, 0.3) is 10.9 Å². The van der Waals surface area contributed by atoms with Crippen LogP contribution >= 0.6 is 0 Å². The number of aliphatic hydroxyl groups is 1. The van der Waals surface area contributed by atoms with Gasteiger partial charge in [0.1, 0.15) is 17.4 Å². The van der Waals surface area contributed by atoms with Gasteiger partial charge in [0.05, 0.1) is 28.3 Å². The van der Waals surface area contributed by atoms with E-state index in [1.165, 1.54) is 6.07 Å². The Labute approximate surface area is 355 Å². The fourth-order valence-electron chi connectivity index (χ4n) is 10.3. The van der Waals surface area contributed by atoms with E-state index in [0.717, 1.165) is 93.4 Å². The van der Waals surface area contributed by atoms with Crippen molar-refractivity contribution >= 4 is 51.8 Å². The predicted octanol–water partition coefficient (Wildman–Crippen LogP) is 6.42. The number of alkyl halides is 3. The van der Waals surface area contributed by atoms with Gasteiger partial charge in [-0.15, -0.1) is 0 Å². The van der Waals surface area contributed by atoms with Crippen molar-refractivity contribution in [2.75, 3.05) is 30.3 Å². The largest absolute Gasteiger partial charge is 0.433 e. The Morgan fingerprint density at radius 3 is 2.35 bits per heavy atom. The summed E-state index contributed by atoms with van der Waals surface area (Å²) < 4.78 is 41.8. The summed E-state index contributed by atoms with van der Waals surface area (Å²) in [6, 6.07) is 11.1. The van der Waals surface area contributed by atoms with E-state index >= 15 is 0 Å². The van der Waals surface area contributed by atoms with E-state index in [4.69, 9.17) is 5.10 Å². The molecule has 326 valence electrons. The zero-order chi connectivity index (χ0) is 43.7. The number of carbonyl (C=O) groups is 5. The fraction of sp³-hybridized carbons (Fsp3) is 0.489. The van der Waals surface area contributed by atoms with Gasteiger partial charge >= 0.3 is 6.18 Å². The molecule has 1 spiro atoms. The van der Waals surface area contributed by atoms with Gasteiger partial charge in [0.15, 0.2) is 0 Å². The van der Waals surface area contributed by atoms with E-state index in [-0.39, 0.29) is 41.6 Å². The number of halogens is 3. The number of benzene rings is 2. The predicted molar refractivity (Wildman–Crippen MR) is 221 cm³/mol. The Kier molecular flexibility index (Phi) is 10.5. The van der Waals surface area contributed by atoms with Crippen molar-refractivity contribution in [2.45, 2.75) is 108 Å². The van der Waals surface area contributed by atoms with Crippen molar-refractivity contribution in [2.24, 2.45) is 11.3 Å². The molecule has 4 fully saturated rings. The van der Waals surface area contributed by atoms with E-state index in [0.29, 0.717) is 28.2 Å². The van der Waals surface area contributed by atoms with Crippen LogP contribution in [0.5, 0.6) is 0 Å². The highest BCUT2D eigenvalue weighted by atomic mass is 19.4. The highest BCUT2D eigenvalue weighted by molar-refractivity contribution is 6.25. The van der Waals surface area contributed by atoms with Gasteiger partial charge in [-0.25, -0.2) is 4.98 Å². The highest BCUT2D eigenvalue weighted by Crippen LogP contribution is 2.51. The molecule has 14 nitrogen and oxygen atoms in total. The second-order valence-electron chi connectivity index (χ2n) is 18.4. The summed E-state index contributed by atoms with van der Waals surface area (Å²) >= 11 is 0. The molecule has 2 saturated carbocycles. The summed E-state index contributed by atoms with van der Waals surface area (Å²) in [5.74, 6) is -2.30. The Balaban J connectivity index is 0.766. The normalized spacial score (nSPS) is 23.4. The van der Waals surface area contributed by atoms with Crippen molar-refractivity contribution < 1.29 is 42.3 Å². The monoisotopic (exact) mass is 854 g/mol. The molecule has 9 rings (SSSR count). The van der Waals surface area contributed by atoms with Crippen molar-refractivity contribution in [1.82, 2.24) is 29.9 Å². The average Bonchev–Trinajstić information content (AvgIpc) is 3.75. The standard InChI is InChI=1S/C45H49F3N8O6/c1-43(2,62)30-20-33-26(19-34(30)51-39(58)32-7-4-8-36(50-32)45(46,47)48)24-55(53-33)28-11-9-25(10-12-28)23-54-17-15-44(16-18-54)21-27(22-44)49-31-6-3-5-29-38(31)42(61)56(41(29)60)35-13-14-37(57)52-40(35)59/h3-8,19-20,24-25,27-28,35,49,62H,9-18,21-23H2,1-2H3,(H,51,58)(H,52,57,59).